The summed E-state index contributed by atoms with van der Waals surface area (Å²) in [6, 6.07) is 6.90. The summed E-state index contributed by atoms with van der Waals surface area (Å²) in [6.07, 6.45) is 4.06. The van der Waals surface area contributed by atoms with Gasteiger partial charge in [0.1, 0.15) is 0 Å². The predicted octanol–water partition coefficient (Wildman–Crippen LogP) is 2.16. The van der Waals surface area contributed by atoms with Crippen molar-refractivity contribution in [2.75, 3.05) is 25.1 Å². The maximum absolute atomic E-state index is 11.1. The minimum Gasteiger partial charge on any atom is -0.389 e. The normalized spacial score (nSPS) is 12.1. The van der Waals surface area contributed by atoms with Gasteiger partial charge in [0.25, 0.3) is 0 Å². The molecule has 0 aliphatic heterocycles. The van der Waals surface area contributed by atoms with Crippen LogP contribution in [0.1, 0.15) is 43.0 Å². The Morgan fingerprint density at radius 1 is 1.38 bits per heavy atom. The topological polar surface area (TPSA) is 84.6 Å². The summed E-state index contributed by atoms with van der Waals surface area (Å²) in [5, 5.41) is 12.9. The molecule has 0 radical (unpaired) electrons. The third kappa shape index (κ3) is 7.68. The molecular weight excluding hydrogens is 268 g/mol. The highest BCUT2D eigenvalue weighted by Gasteiger charge is 2.05. The van der Waals surface area contributed by atoms with Crippen LogP contribution in [0.2, 0.25) is 0 Å². The number of hydrogen-bond acceptors (Lipinski definition) is 4. The third-order valence-electron chi connectivity index (χ3n) is 3.14. The molecule has 1 atom stereocenters. The van der Waals surface area contributed by atoms with E-state index in [9.17, 15) is 9.90 Å². The van der Waals surface area contributed by atoms with E-state index in [1.807, 2.05) is 6.07 Å². The van der Waals surface area contributed by atoms with Crippen LogP contribution >= 0.6 is 0 Å². The number of anilines is 1. The minimum absolute atomic E-state index is 0.314. The number of benzene rings is 1. The summed E-state index contributed by atoms with van der Waals surface area (Å²) in [5.41, 5.74) is 6.42. The van der Waals surface area contributed by atoms with Gasteiger partial charge in [0.2, 0.25) is 5.91 Å². The Kier molecular flexibility index (Phi) is 8.47. The molecule has 0 saturated carbocycles. The van der Waals surface area contributed by atoms with Crippen molar-refractivity contribution < 1.29 is 14.6 Å². The van der Waals surface area contributed by atoms with Gasteiger partial charge in [0.15, 0.2) is 0 Å². The molecule has 1 rings (SSSR count). The number of nitrogens with two attached hydrogens (primary N) is 1. The van der Waals surface area contributed by atoms with Gasteiger partial charge in [-0.3, -0.25) is 4.79 Å². The average Bonchev–Trinajstić information content (AvgIpc) is 2.49. The number of nitrogens with one attached hydrogen (secondary N) is 1. The standard InChI is InChI=1S/C16H26N2O3/c1-2-3-4-5-9-21-12-15(19)11-18-14-8-6-7-13(10-14)16(17)20/h6-8,10,15,18-19H,2-5,9,11-12H2,1H3,(H2,17,20). The first-order valence-corrected chi connectivity index (χ1v) is 7.53. The van der Waals surface area contributed by atoms with Crippen LogP contribution in [0.4, 0.5) is 5.69 Å². The predicted molar refractivity (Wildman–Crippen MR) is 84.4 cm³/mol. The van der Waals surface area contributed by atoms with E-state index in [2.05, 4.69) is 12.2 Å². The number of amides is 1. The Hall–Kier alpha value is -1.59. The molecule has 0 spiro atoms. The van der Waals surface area contributed by atoms with Gasteiger partial charge in [0.05, 0.1) is 12.7 Å². The molecule has 1 aromatic carbocycles. The second-order valence-corrected chi connectivity index (χ2v) is 5.12. The number of primary amides is 1. The van der Waals surface area contributed by atoms with Gasteiger partial charge in [-0.25, -0.2) is 0 Å². The molecule has 21 heavy (non-hydrogen) atoms. The maximum Gasteiger partial charge on any atom is 0.248 e. The Morgan fingerprint density at radius 2 is 2.19 bits per heavy atom. The van der Waals surface area contributed by atoms with Crippen molar-refractivity contribution in [2.45, 2.75) is 38.7 Å². The Morgan fingerprint density at radius 3 is 2.90 bits per heavy atom. The van der Waals surface area contributed by atoms with Crippen molar-refractivity contribution in [2.24, 2.45) is 5.73 Å². The molecule has 0 aliphatic carbocycles. The third-order valence-corrected chi connectivity index (χ3v) is 3.14. The van der Waals surface area contributed by atoms with Crippen molar-refractivity contribution in [3.05, 3.63) is 29.8 Å². The lowest BCUT2D eigenvalue weighted by molar-refractivity contribution is 0.0417. The monoisotopic (exact) mass is 294 g/mol. The van der Waals surface area contributed by atoms with E-state index in [1.165, 1.54) is 19.3 Å². The van der Waals surface area contributed by atoms with Crippen LogP contribution in [0.15, 0.2) is 24.3 Å². The summed E-state index contributed by atoms with van der Waals surface area (Å²) in [4.78, 5) is 11.1. The molecule has 4 N–H and O–H groups in total. The molecule has 1 unspecified atom stereocenters. The molecule has 5 heteroatoms. The van der Waals surface area contributed by atoms with Gasteiger partial charge in [-0.1, -0.05) is 32.3 Å². The van der Waals surface area contributed by atoms with E-state index in [4.69, 9.17) is 10.5 Å². The molecule has 1 amide bonds. The molecule has 0 fully saturated rings. The first kappa shape index (κ1) is 17.5. The fourth-order valence-electron chi connectivity index (χ4n) is 1.93. The minimum atomic E-state index is -0.576. The zero-order valence-corrected chi connectivity index (χ0v) is 12.7. The highest BCUT2D eigenvalue weighted by Crippen LogP contribution is 2.10. The lowest BCUT2D eigenvalue weighted by Gasteiger charge is -2.13. The summed E-state index contributed by atoms with van der Waals surface area (Å²) < 4.78 is 5.43. The van der Waals surface area contributed by atoms with Crippen LogP contribution in [0.5, 0.6) is 0 Å². The number of aliphatic hydroxyl groups is 1. The van der Waals surface area contributed by atoms with Crippen LogP contribution < -0.4 is 11.1 Å². The fourth-order valence-corrected chi connectivity index (χ4v) is 1.93. The SMILES string of the molecule is CCCCCCOCC(O)CNc1cccc(C(N)=O)c1. The van der Waals surface area contributed by atoms with Gasteiger partial charge < -0.3 is 20.9 Å². The van der Waals surface area contributed by atoms with Gasteiger partial charge >= 0.3 is 0 Å². The number of carbonyl (C=O) groups is 1. The van der Waals surface area contributed by atoms with Crippen LogP contribution in [-0.4, -0.2) is 36.9 Å². The van der Waals surface area contributed by atoms with Crippen LogP contribution in [0.25, 0.3) is 0 Å². The van der Waals surface area contributed by atoms with Crippen molar-refractivity contribution in [1.82, 2.24) is 0 Å². The smallest absolute Gasteiger partial charge is 0.248 e. The highest BCUT2D eigenvalue weighted by molar-refractivity contribution is 5.93. The molecule has 1 aromatic rings. The lowest BCUT2D eigenvalue weighted by Crippen LogP contribution is -2.25. The van der Waals surface area contributed by atoms with Crippen molar-refractivity contribution in [1.29, 1.82) is 0 Å². The van der Waals surface area contributed by atoms with Crippen LogP contribution in [0, 0.1) is 0 Å². The molecule has 0 saturated heterocycles. The molecular formula is C16H26N2O3. The van der Waals surface area contributed by atoms with Crippen molar-refractivity contribution in [3.8, 4) is 0 Å². The zero-order valence-electron chi connectivity index (χ0n) is 12.7. The van der Waals surface area contributed by atoms with E-state index in [1.54, 1.807) is 18.2 Å². The Bertz CT molecular complexity index is 424. The van der Waals surface area contributed by atoms with E-state index >= 15 is 0 Å². The number of unbranched alkanes of at least 4 members (excludes halogenated alkanes) is 3. The molecule has 0 aliphatic rings. The van der Waals surface area contributed by atoms with Crippen molar-refractivity contribution >= 4 is 11.6 Å². The van der Waals surface area contributed by atoms with E-state index in [0.29, 0.717) is 25.3 Å². The first-order chi connectivity index (χ1) is 10.1. The number of rotatable bonds is 11. The Balaban J connectivity index is 2.19. The summed E-state index contributed by atoms with van der Waals surface area (Å²) in [6.45, 7) is 3.55. The number of carbonyl (C=O) groups excluding carboxylic acids is 1. The second-order valence-electron chi connectivity index (χ2n) is 5.12. The zero-order chi connectivity index (χ0) is 15.5. The van der Waals surface area contributed by atoms with Crippen LogP contribution in [-0.2, 0) is 4.74 Å². The van der Waals surface area contributed by atoms with Crippen LogP contribution in [0.3, 0.4) is 0 Å². The molecule has 0 bridgehead atoms. The van der Waals surface area contributed by atoms with Gasteiger partial charge in [-0.2, -0.15) is 0 Å². The van der Waals surface area contributed by atoms with E-state index < -0.39 is 12.0 Å². The number of aliphatic hydroxyl groups excluding tert-OH is 1. The maximum atomic E-state index is 11.1. The average molecular weight is 294 g/mol. The lowest BCUT2D eigenvalue weighted by atomic mass is 10.2. The molecule has 5 nitrogen and oxygen atoms in total. The largest absolute Gasteiger partial charge is 0.389 e. The highest BCUT2D eigenvalue weighted by atomic mass is 16.5. The first-order valence-electron chi connectivity index (χ1n) is 7.53. The number of hydrogen-bond donors (Lipinski definition) is 3. The van der Waals surface area contributed by atoms with Crippen molar-refractivity contribution in [3.63, 3.8) is 0 Å². The van der Waals surface area contributed by atoms with Gasteiger partial charge in [0, 0.05) is 24.4 Å². The van der Waals surface area contributed by atoms with Gasteiger partial charge in [-0.15, -0.1) is 0 Å². The quantitative estimate of drug-likeness (QED) is 0.546. The van der Waals surface area contributed by atoms with E-state index in [-0.39, 0.29) is 0 Å². The summed E-state index contributed by atoms with van der Waals surface area (Å²) in [5.74, 6) is -0.463. The number of ether oxygens (including phenoxy) is 1. The molecule has 118 valence electrons. The second kappa shape index (κ2) is 10.2. The van der Waals surface area contributed by atoms with E-state index in [0.717, 1.165) is 12.1 Å². The summed E-state index contributed by atoms with van der Waals surface area (Å²) >= 11 is 0. The fraction of sp³-hybridized carbons (Fsp3) is 0.562. The Labute approximate surface area is 126 Å². The summed E-state index contributed by atoms with van der Waals surface area (Å²) in [7, 11) is 0. The van der Waals surface area contributed by atoms with Gasteiger partial charge in [-0.05, 0) is 24.6 Å². The molecule has 0 heterocycles. The molecule has 0 aromatic heterocycles.